The molecule has 7 heteroatoms. The van der Waals surface area contributed by atoms with E-state index in [1.807, 2.05) is 0 Å². The second kappa shape index (κ2) is 15.8. The third-order valence-corrected chi connectivity index (χ3v) is 0. The third-order valence-electron chi connectivity index (χ3n) is 0. The molecule has 0 aromatic carbocycles. The Morgan fingerprint density at radius 2 is 1.25 bits per heavy atom. The van der Waals surface area contributed by atoms with Gasteiger partial charge in [-0.3, -0.25) is 0 Å². The van der Waals surface area contributed by atoms with Crippen molar-refractivity contribution in [1.29, 1.82) is 0 Å². The first-order valence-corrected chi connectivity index (χ1v) is 2.16. The largest absolute Gasteiger partial charge is 0.692 e. The number of hydrogen-bond donors (Lipinski definition) is 2. The summed E-state index contributed by atoms with van der Waals surface area (Å²) in [6.45, 7) is 0. The van der Waals surface area contributed by atoms with Crippen molar-refractivity contribution in [1.82, 2.24) is 0 Å². The van der Waals surface area contributed by atoms with E-state index < -0.39 is 8.25 Å². The van der Waals surface area contributed by atoms with Gasteiger partial charge in [0.25, 0.3) is 0 Å². The minimum absolute atomic E-state index is 0. The molecule has 0 aromatic rings. The monoisotopic (exact) mass is 188 g/mol. The van der Waals surface area contributed by atoms with Crippen LogP contribution in [0.3, 0.4) is 0 Å². The van der Waals surface area contributed by atoms with Gasteiger partial charge in [0.2, 0.25) is 0 Å². The molecule has 5 nitrogen and oxygen atoms in total. The molecule has 0 spiro atoms. The molecule has 51 valence electrons. The molecular weight excluding hydrogens is 187 g/mol. The van der Waals surface area contributed by atoms with Gasteiger partial charge >= 0.3 is 14.4 Å². The van der Waals surface area contributed by atoms with Crippen LogP contribution >= 0.6 is 8.25 Å². The fourth-order valence-corrected chi connectivity index (χ4v) is 0. The summed E-state index contributed by atoms with van der Waals surface area (Å²) in [5.74, 6) is 0. The predicted molar refractivity (Wildman–Crippen MR) is 17.1 cm³/mol. The Hall–Kier alpha value is -0.0805. The minimum Gasteiger partial charge on any atom is -0.186 e. The van der Waals surface area contributed by atoms with Gasteiger partial charge in [0.15, 0.2) is 0 Å². The fraction of sp³-hybridized carbons (Fsp3) is 0. The van der Waals surface area contributed by atoms with E-state index in [1.165, 1.54) is 0 Å². The van der Waals surface area contributed by atoms with Crippen LogP contribution in [0.25, 0.3) is 0 Å². The molecule has 0 aliphatic carbocycles. The molecule has 8 heavy (non-hydrogen) atoms. The van der Waals surface area contributed by atoms with Crippen molar-refractivity contribution in [2.75, 3.05) is 0 Å². The van der Waals surface area contributed by atoms with E-state index in [1.54, 1.807) is 0 Å². The van der Waals surface area contributed by atoms with Gasteiger partial charge in [0.05, 0.1) is 0 Å². The van der Waals surface area contributed by atoms with Crippen LogP contribution < -0.4 is 0 Å². The summed E-state index contributed by atoms with van der Waals surface area (Å²) in [5.41, 5.74) is 0. The Balaban J connectivity index is -0.0000000575. The molecule has 0 amide bonds. The normalized spacial score (nSPS) is 4.25. The van der Waals surface area contributed by atoms with Gasteiger partial charge in [-0.1, -0.05) is 0 Å². The van der Waals surface area contributed by atoms with Gasteiger partial charge in [0.1, 0.15) is 0 Å². The quantitative estimate of drug-likeness (QED) is 0.378. The Morgan fingerprint density at radius 1 is 1.25 bits per heavy atom. The van der Waals surface area contributed by atoms with E-state index in [0.717, 1.165) is 0 Å². The van der Waals surface area contributed by atoms with Crippen LogP contribution in [-0.2, 0) is 31.2 Å². The molecule has 0 aliphatic heterocycles. The van der Waals surface area contributed by atoms with E-state index in [0.29, 0.717) is 0 Å². The maximum atomic E-state index is 8.70. The van der Waals surface area contributed by atoms with Crippen LogP contribution in [0, 0.1) is 0 Å². The molecule has 2 N–H and O–H groups in total. The third kappa shape index (κ3) is 22100. The molecule has 0 unspecified atom stereocenters. The van der Waals surface area contributed by atoms with Crippen LogP contribution in [0.5, 0.6) is 0 Å². The van der Waals surface area contributed by atoms with E-state index in [-0.39, 0.29) is 23.2 Å². The van der Waals surface area contributed by atoms with Crippen molar-refractivity contribution in [2.45, 2.75) is 0 Å². The first-order chi connectivity index (χ1) is 3.15. The van der Waals surface area contributed by atoms with Gasteiger partial charge in [-0.2, -0.15) is 9.59 Å². The van der Waals surface area contributed by atoms with E-state index in [9.17, 15) is 0 Å². The molecule has 0 bridgehead atoms. The van der Waals surface area contributed by atoms with Crippen LogP contribution in [0.1, 0.15) is 0 Å². The van der Waals surface area contributed by atoms with Crippen LogP contribution in [0.2, 0.25) is 0 Å². The van der Waals surface area contributed by atoms with Crippen molar-refractivity contribution in [3.63, 3.8) is 0 Å². The van der Waals surface area contributed by atoms with Crippen molar-refractivity contribution in [2.24, 2.45) is 0 Å². The molecule has 0 atom stereocenters. The van der Waals surface area contributed by atoms with Gasteiger partial charge in [0, 0.05) is 21.6 Å². The summed E-state index contributed by atoms with van der Waals surface area (Å²) in [6.07, 6.45) is 0.250. The topological polar surface area (TPSA) is 91.7 Å². The van der Waals surface area contributed by atoms with Crippen LogP contribution in [0.4, 0.5) is 0 Å². The van der Waals surface area contributed by atoms with Gasteiger partial charge in [-0.15, -0.1) is 9.79 Å². The second-order valence-corrected chi connectivity index (χ2v) is 0.842. The van der Waals surface area contributed by atoms with E-state index in [4.69, 9.17) is 23.9 Å². The average Bonchev–Trinajstić information content (AvgIpc) is 1.33. The Kier molecular flexibility index (Phi) is 30.9. The fourth-order valence-electron chi connectivity index (χ4n) is 0. The number of carbonyl (C=O) groups excluding carboxylic acids is 2. The predicted octanol–water partition coefficient (Wildman–Crippen LogP) is -0.958. The molecule has 0 rings (SSSR count). The molecule has 0 aromatic heterocycles. The molecule has 0 saturated carbocycles. The Labute approximate surface area is 56.1 Å². The number of rotatable bonds is 0. The molecule has 0 aliphatic rings. The van der Waals surface area contributed by atoms with E-state index >= 15 is 0 Å². The molecule has 0 saturated heterocycles. The summed E-state index contributed by atoms with van der Waals surface area (Å²) in [7, 11) is -2.87. The molecule has 1 radical (unpaired) electrons. The Morgan fingerprint density at radius 3 is 1.25 bits per heavy atom. The maximum Gasteiger partial charge on any atom is 0.692 e. The summed E-state index contributed by atoms with van der Waals surface area (Å²) >= 11 is 0. The number of hydrogen-bond acceptors (Lipinski definition) is 3. The minimum atomic E-state index is -2.87. The smallest absolute Gasteiger partial charge is 0.186 e. The zero-order chi connectivity index (χ0) is 6.28. The van der Waals surface area contributed by atoms with E-state index in [2.05, 4.69) is 0 Å². The zero-order valence-electron chi connectivity index (χ0n) is 3.37. The molecule has 0 fully saturated rings. The summed E-state index contributed by atoms with van der Waals surface area (Å²) in [6, 6.07) is 0. The second-order valence-electron chi connectivity index (χ2n) is 0.336. The Bertz CT molecular complexity index is 80.4. The van der Waals surface area contributed by atoms with Gasteiger partial charge < -0.3 is 0 Å². The summed E-state index contributed by atoms with van der Waals surface area (Å²) in [4.78, 5) is 30.5. The molecular formula is CH2CuO5P+. The van der Waals surface area contributed by atoms with Gasteiger partial charge in [-0.05, 0) is 0 Å². The zero-order valence-corrected chi connectivity index (χ0v) is 5.20. The standard InChI is InChI=1S/CO2.Cu.HO3P/c2-1-3;;1-4(2)3/h;;(H-,1,2,3)/p+1. The maximum absolute atomic E-state index is 8.70. The van der Waals surface area contributed by atoms with Crippen LogP contribution in [0.15, 0.2) is 0 Å². The van der Waals surface area contributed by atoms with Crippen LogP contribution in [-0.4, -0.2) is 15.9 Å². The van der Waals surface area contributed by atoms with Crippen molar-refractivity contribution < 1.29 is 41.0 Å². The first kappa shape index (κ1) is 15.7. The summed E-state index contributed by atoms with van der Waals surface area (Å²) in [5, 5.41) is 0. The molecule has 0 heterocycles. The van der Waals surface area contributed by atoms with Crippen molar-refractivity contribution >= 4 is 14.4 Å². The summed E-state index contributed by atoms with van der Waals surface area (Å²) < 4.78 is 8.70. The van der Waals surface area contributed by atoms with Gasteiger partial charge in [-0.25, -0.2) is 0 Å². The van der Waals surface area contributed by atoms with Crippen molar-refractivity contribution in [3.05, 3.63) is 0 Å². The average molecular weight is 189 g/mol. The first-order valence-electron chi connectivity index (χ1n) is 0.991. The SMILES string of the molecule is O=C=O.O=[P+](O)O.[Cu]. The van der Waals surface area contributed by atoms with Crippen molar-refractivity contribution in [3.8, 4) is 0 Å².